The van der Waals surface area contributed by atoms with Gasteiger partial charge in [-0.2, -0.15) is 24.4 Å². The highest BCUT2D eigenvalue weighted by Crippen LogP contribution is 2.28. The third-order valence-electron chi connectivity index (χ3n) is 6.09. The molecule has 36 heavy (non-hydrogen) atoms. The maximum atomic E-state index is 13.6. The summed E-state index contributed by atoms with van der Waals surface area (Å²) in [4.78, 5) is 28.3. The summed E-state index contributed by atoms with van der Waals surface area (Å²) in [6.07, 6.45) is 7.31. The van der Waals surface area contributed by atoms with Crippen LogP contribution in [0.2, 0.25) is 0 Å². The van der Waals surface area contributed by atoms with Crippen molar-refractivity contribution in [3.05, 3.63) is 65.5 Å². The van der Waals surface area contributed by atoms with Crippen LogP contribution in [0.3, 0.4) is 0 Å². The van der Waals surface area contributed by atoms with Crippen molar-refractivity contribution in [1.29, 1.82) is 0 Å². The first-order valence-electron chi connectivity index (χ1n) is 12.1. The summed E-state index contributed by atoms with van der Waals surface area (Å²) < 4.78 is 19.0. The molecule has 8 heteroatoms. The van der Waals surface area contributed by atoms with Crippen LogP contribution in [0.4, 0.5) is 4.39 Å². The Bertz CT molecular complexity index is 1070. The van der Waals surface area contributed by atoms with E-state index in [1.807, 2.05) is 24.5 Å². The Morgan fingerprint density at radius 1 is 1.25 bits per heavy atom. The number of amides is 1. The van der Waals surface area contributed by atoms with Crippen LogP contribution >= 0.6 is 24.4 Å². The molecule has 1 aliphatic heterocycles. The number of nitrogens with zero attached hydrogens (tertiary/aromatic N) is 1. The average molecular weight is 531 g/mol. The summed E-state index contributed by atoms with van der Waals surface area (Å²) in [5, 5.41) is 3.22. The minimum Gasteiger partial charge on any atom is -0.461 e. The number of likely N-dealkylation sites (N-methyl/N-ethyl adjacent to an activating group) is 1. The number of halogens is 1. The first kappa shape index (κ1) is 28.3. The lowest BCUT2D eigenvalue weighted by Gasteiger charge is -2.20. The van der Waals surface area contributed by atoms with Crippen molar-refractivity contribution < 1.29 is 18.7 Å². The maximum absolute atomic E-state index is 13.6. The van der Waals surface area contributed by atoms with Crippen molar-refractivity contribution >= 4 is 42.3 Å². The molecule has 0 bridgehead atoms. The predicted molar refractivity (Wildman–Crippen MR) is 150 cm³/mol. The highest BCUT2D eigenvalue weighted by atomic mass is 32.2. The van der Waals surface area contributed by atoms with Crippen molar-refractivity contribution in [3.63, 3.8) is 0 Å². The molecule has 0 saturated carbocycles. The first-order valence-corrected chi connectivity index (χ1v) is 14.1. The number of thioether (sulfide) groups is 1. The lowest BCUT2D eigenvalue weighted by Crippen LogP contribution is -2.43. The van der Waals surface area contributed by atoms with E-state index >= 15 is 0 Å². The second-order valence-corrected chi connectivity index (χ2v) is 11.1. The molecule has 1 fully saturated rings. The molecule has 1 amide bonds. The third-order valence-corrected chi connectivity index (χ3v) is 7.10. The molecule has 0 aliphatic carbocycles. The molecule has 1 heterocycles. The highest BCUT2D eigenvalue weighted by Gasteiger charge is 2.26. The van der Waals surface area contributed by atoms with Gasteiger partial charge in [0.2, 0.25) is 0 Å². The number of likely N-dealkylation sites (tertiary alicyclic amines) is 1. The first-order chi connectivity index (χ1) is 17.2. The Labute approximate surface area is 223 Å². The minimum absolute atomic E-state index is 0.274. The van der Waals surface area contributed by atoms with Crippen LogP contribution in [0, 0.1) is 5.82 Å². The van der Waals surface area contributed by atoms with Gasteiger partial charge in [0.1, 0.15) is 11.9 Å². The van der Waals surface area contributed by atoms with E-state index in [-0.39, 0.29) is 17.8 Å². The Morgan fingerprint density at radius 3 is 2.58 bits per heavy atom. The molecule has 3 unspecified atom stereocenters. The second-order valence-electron chi connectivity index (χ2n) is 9.36. The smallest absolute Gasteiger partial charge is 0.328 e. The van der Waals surface area contributed by atoms with E-state index in [9.17, 15) is 14.0 Å². The summed E-state index contributed by atoms with van der Waals surface area (Å²) in [5.74, 6) is -0.460. The fourth-order valence-electron chi connectivity index (χ4n) is 4.22. The lowest BCUT2D eigenvalue weighted by molar-refractivity contribution is -0.149. The largest absolute Gasteiger partial charge is 0.461 e. The SMILES string of the molecule is CSCCC(NC(=O)c1ccc(/C=C/C2CC(S)CN2C)cc1-c1ccc(F)cc1)C(=O)OC(C)C. The zero-order chi connectivity index (χ0) is 26.2. The van der Waals surface area contributed by atoms with Crippen molar-refractivity contribution in [2.75, 3.05) is 25.6 Å². The molecule has 1 aliphatic rings. The summed E-state index contributed by atoms with van der Waals surface area (Å²) in [6.45, 7) is 4.50. The van der Waals surface area contributed by atoms with Gasteiger partial charge >= 0.3 is 5.97 Å². The summed E-state index contributed by atoms with van der Waals surface area (Å²) in [6, 6.07) is 11.2. The summed E-state index contributed by atoms with van der Waals surface area (Å²) in [7, 11) is 2.08. The van der Waals surface area contributed by atoms with Gasteiger partial charge in [-0.1, -0.05) is 30.4 Å². The van der Waals surface area contributed by atoms with Gasteiger partial charge in [-0.15, -0.1) is 0 Å². The van der Waals surface area contributed by atoms with Crippen LogP contribution in [0.25, 0.3) is 17.2 Å². The van der Waals surface area contributed by atoms with Gasteiger partial charge < -0.3 is 10.1 Å². The fourth-order valence-corrected chi connectivity index (χ4v) is 5.16. The van der Waals surface area contributed by atoms with Crippen molar-refractivity contribution in [1.82, 2.24) is 10.2 Å². The standard InChI is InChI=1S/C28H35FN2O3S2/c1-18(2)34-28(33)26(13-14-36-4)30-27(32)24-12-6-19(5-11-22-16-23(35)17-31(22)3)15-25(24)20-7-9-21(29)10-8-20/h5-12,15,18,22-23,26,35H,13-14,16-17H2,1-4H3,(H,30,32)/b11-5+. The van der Waals surface area contributed by atoms with Gasteiger partial charge in [0, 0.05) is 23.4 Å². The third kappa shape index (κ3) is 7.85. The number of rotatable bonds is 10. The molecule has 3 rings (SSSR count). The Morgan fingerprint density at radius 2 is 1.97 bits per heavy atom. The number of ether oxygens (including phenoxy) is 1. The lowest BCUT2D eigenvalue weighted by atomic mass is 9.96. The van der Waals surface area contributed by atoms with E-state index in [1.165, 1.54) is 12.1 Å². The van der Waals surface area contributed by atoms with E-state index in [2.05, 4.69) is 36.0 Å². The molecule has 1 N–H and O–H groups in total. The van der Waals surface area contributed by atoms with Crippen LogP contribution in [0.1, 0.15) is 42.6 Å². The molecule has 194 valence electrons. The summed E-state index contributed by atoms with van der Waals surface area (Å²) in [5.41, 5.74) is 2.73. The van der Waals surface area contributed by atoms with Gasteiger partial charge in [0.05, 0.1) is 6.10 Å². The van der Waals surface area contributed by atoms with E-state index < -0.39 is 12.0 Å². The summed E-state index contributed by atoms with van der Waals surface area (Å²) >= 11 is 6.19. The van der Waals surface area contributed by atoms with Crippen LogP contribution < -0.4 is 5.32 Å². The Hall–Kier alpha value is -2.29. The number of thiol groups is 1. The van der Waals surface area contributed by atoms with Gasteiger partial charge in [-0.05, 0) is 86.7 Å². The van der Waals surface area contributed by atoms with Crippen molar-refractivity contribution in [2.24, 2.45) is 0 Å². The van der Waals surface area contributed by atoms with Crippen molar-refractivity contribution in [2.45, 2.75) is 50.1 Å². The monoisotopic (exact) mass is 530 g/mol. The van der Waals surface area contributed by atoms with Crippen molar-refractivity contribution in [3.8, 4) is 11.1 Å². The number of nitrogens with one attached hydrogen (secondary N) is 1. The number of carbonyl (C=O) groups is 2. The molecule has 3 atom stereocenters. The number of benzene rings is 2. The topological polar surface area (TPSA) is 58.6 Å². The minimum atomic E-state index is -0.750. The molecular formula is C28H35FN2O3S2. The molecular weight excluding hydrogens is 495 g/mol. The van der Waals surface area contributed by atoms with E-state index in [4.69, 9.17) is 4.74 Å². The zero-order valence-corrected chi connectivity index (χ0v) is 23.0. The van der Waals surface area contributed by atoms with Gasteiger partial charge in [0.25, 0.3) is 5.91 Å². The molecule has 5 nitrogen and oxygen atoms in total. The normalized spacial score (nSPS) is 19.1. The number of hydrogen-bond donors (Lipinski definition) is 2. The molecule has 0 radical (unpaired) electrons. The van der Waals surface area contributed by atoms with Crippen LogP contribution in [0.5, 0.6) is 0 Å². The van der Waals surface area contributed by atoms with E-state index in [0.29, 0.717) is 34.6 Å². The molecule has 0 spiro atoms. The molecule has 0 aromatic heterocycles. The van der Waals surface area contributed by atoms with E-state index in [1.54, 1.807) is 43.8 Å². The molecule has 2 aromatic carbocycles. The number of hydrogen-bond acceptors (Lipinski definition) is 6. The average Bonchev–Trinajstić information content (AvgIpc) is 3.16. The predicted octanol–water partition coefficient (Wildman–Crippen LogP) is 5.31. The molecule has 1 saturated heterocycles. The zero-order valence-electron chi connectivity index (χ0n) is 21.2. The maximum Gasteiger partial charge on any atom is 0.328 e. The van der Waals surface area contributed by atoms with Crippen LogP contribution in [0.15, 0.2) is 48.5 Å². The second kappa shape index (κ2) is 13.3. The van der Waals surface area contributed by atoms with Gasteiger partial charge in [0.15, 0.2) is 0 Å². The van der Waals surface area contributed by atoms with Crippen LogP contribution in [-0.4, -0.2) is 65.8 Å². The number of carbonyl (C=O) groups excluding carboxylic acids is 2. The van der Waals surface area contributed by atoms with Crippen LogP contribution in [-0.2, 0) is 9.53 Å². The molecule has 2 aromatic rings. The van der Waals surface area contributed by atoms with Gasteiger partial charge in [-0.3, -0.25) is 9.69 Å². The van der Waals surface area contributed by atoms with E-state index in [0.717, 1.165) is 24.1 Å². The fraction of sp³-hybridized carbons (Fsp3) is 0.429. The number of esters is 1. The van der Waals surface area contributed by atoms with Gasteiger partial charge in [-0.25, -0.2) is 9.18 Å². The Kier molecular flexibility index (Phi) is 10.5. The highest BCUT2D eigenvalue weighted by molar-refractivity contribution is 7.98. The Balaban J connectivity index is 1.91. The quantitative estimate of drug-likeness (QED) is 0.322.